The first-order valence-corrected chi connectivity index (χ1v) is 11.1. The van der Waals surface area contributed by atoms with Crippen LogP contribution in [0.5, 0.6) is 11.5 Å². The maximum absolute atomic E-state index is 6.56. The highest BCUT2D eigenvalue weighted by atomic mass is 79.9. The van der Waals surface area contributed by atoms with Gasteiger partial charge in [0.2, 0.25) is 0 Å². The second-order valence-corrected chi connectivity index (χ2v) is 8.69. The second kappa shape index (κ2) is 8.39. The Morgan fingerprint density at radius 1 is 0.806 bits per heavy atom. The maximum Gasteiger partial charge on any atom is 0.146 e. The first-order valence-electron chi connectivity index (χ1n) is 9.54. The van der Waals surface area contributed by atoms with Gasteiger partial charge in [-0.3, -0.25) is 4.98 Å². The molecule has 31 heavy (non-hydrogen) atoms. The van der Waals surface area contributed by atoms with Crippen molar-refractivity contribution in [3.63, 3.8) is 0 Å². The molecule has 5 rings (SSSR count). The van der Waals surface area contributed by atoms with Gasteiger partial charge in [-0.15, -0.1) is 0 Å². The third kappa shape index (κ3) is 4.07. The van der Waals surface area contributed by atoms with Gasteiger partial charge in [0, 0.05) is 32.8 Å². The molecule has 0 spiro atoms. The van der Waals surface area contributed by atoms with Gasteiger partial charge in [0.1, 0.15) is 11.5 Å². The van der Waals surface area contributed by atoms with E-state index in [-0.39, 0.29) is 0 Å². The third-order valence-corrected chi connectivity index (χ3v) is 6.14. The zero-order valence-corrected chi connectivity index (χ0v) is 19.2. The summed E-state index contributed by atoms with van der Waals surface area (Å²) in [6, 6.07) is 25.2. The number of hydrogen-bond donors (Lipinski definition) is 1. The van der Waals surface area contributed by atoms with E-state index in [1.165, 1.54) is 0 Å². The molecule has 0 aliphatic rings. The summed E-state index contributed by atoms with van der Waals surface area (Å²) < 4.78 is 7.02. The molecule has 0 aliphatic carbocycles. The molecule has 0 amide bonds. The Morgan fingerprint density at radius 3 is 2.52 bits per heavy atom. The molecular weight excluding hydrogens is 495 g/mol. The Kier molecular flexibility index (Phi) is 5.45. The van der Waals surface area contributed by atoms with E-state index in [1.54, 1.807) is 6.20 Å². The lowest BCUT2D eigenvalue weighted by Crippen LogP contribution is -1.94. The quantitative estimate of drug-likeness (QED) is 0.262. The summed E-state index contributed by atoms with van der Waals surface area (Å²) >= 11 is 16.6. The highest BCUT2D eigenvalue weighted by Crippen LogP contribution is 2.39. The minimum absolute atomic E-state index is 0.480. The number of aromatic nitrogens is 1. The van der Waals surface area contributed by atoms with Gasteiger partial charge in [0.15, 0.2) is 0 Å². The smallest absolute Gasteiger partial charge is 0.146 e. The van der Waals surface area contributed by atoms with Crippen molar-refractivity contribution in [2.75, 3.05) is 5.32 Å². The van der Waals surface area contributed by atoms with Crippen LogP contribution in [-0.2, 0) is 0 Å². The van der Waals surface area contributed by atoms with Crippen molar-refractivity contribution in [1.29, 1.82) is 0 Å². The number of benzene rings is 4. The van der Waals surface area contributed by atoms with Crippen LogP contribution in [0, 0.1) is 0 Å². The Bertz CT molecular complexity index is 1440. The Labute approximate surface area is 197 Å². The van der Waals surface area contributed by atoms with Crippen LogP contribution in [0.4, 0.5) is 11.4 Å². The van der Waals surface area contributed by atoms with E-state index in [1.807, 2.05) is 78.9 Å². The molecule has 1 heterocycles. The molecule has 0 aliphatic heterocycles. The van der Waals surface area contributed by atoms with E-state index in [2.05, 4.69) is 26.2 Å². The third-order valence-electron chi connectivity index (χ3n) is 4.96. The standard InChI is InChI=1S/C25H15BrCl2N2O/c26-16-6-8-21-19(13-16)22(11-12-29-21)30-17-7-10-23(20(27)14-17)31-24-9-5-15-3-1-2-4-18(15)25(24)28/h1-14H,(H,29,30). The van der Waals surface area contributed by atoms with Crippen LogP contribution in [0.25, 0.3) is 21.7 Å². The Hall–Kier alpha value is -2.79. The summed E-state index contributed by atoms with van der Waals surface area (Å²) in [6.07, 6.45) is 1.78. The molecule has 152 valence electrons. The number of hydrogen-bond acceptors (Lipinski definition) is 3. The van der Waals surface area contributed by atoms with E-state index >= 15 is 0 Å². The lowest BCUT2D eigenvalue weighted by atomic mass is 10.1. The summed E-state index contributed by atoms with van der Waals surface area (Å²) in [5.41, 5.74) is 2.69. The number of pyridine rings is 1. The van der Waals surface area contributed by atoms with Crippen molar-refractivity contribution in [1.82, 2.24) is 4.98 Å². The van der Waals surface area contributed by atoms with Crippen LogP contribution in [0.3, 0.4) is 0 Å². The summed E-state index contributed by atoms with van der Waals surface area (Å²) in [6.45, 7) is 0. The monoisotopic (exact) mass is 508 g/mol. The zero-order chi connectivity index (χ0) is 21.4. The first-order chi connectivity index (χ1) is 15.1. The van der Waals surface area contributed by atoms with Crippen molar-refractivity contribution >= 4 is 72.2 Å². The maximum atomic E-state index is 6.56. The molecule has 0 fully saturated rings. The molecule has 3 nitrogen and oxygen atoms in total. The van der Waals surface area contributed by atoms with Crippen LogP contribution in [-0.4, -0.2) is 4.98 Å². The normalized spacial score (nSPS) is 11.1. The largest absolute Gasteiger partial charge is 0.454 e. The second-order valence-electron chi connectivity index (χ2n) is 6.99. The molecule has 6 heteroatoms. The number of rotatable bonds is 4. The number of fused-ring (bicyclic) bond motifs is 2. The van der Waals surface area contributed by atoms with Crippen LogP contribution in [0.2, 0.25) is 10.0 Å². The predicted octanol–water partition coefficient (Wildman–Crippen LogP) is 8.99. The molecule has 0 atom stereocenters. The lowest BCUT2D eigenvalue weighted by Gasteiger charge is -2.14. The van der Waals surface area contributed by atoms with Crippen LogP contribution < -0.4 is 10.1 Å². The molecule has 0 radical (unpaired) electrons. The molecular formula is C25H15BrCl2N2O. The number of ether oxygens (including phenoxy) is 1. The highest BCUT2D eigenvalue weighted by molar-refractivity contribution is 9.10. The fourth-order valence-electron chi connectivity index (χ4n) is 3.46. The molecule has 0 bridgehead atoms. The van der Waals surface area contributed by atoms with Gasteiger partial charge in [0.25, 0.3) is 0 Å². The Morgan fingerprint density at radius 2 is 1.65 bits per heavy atom. The van der Waals surface area contributed by atoms with Crippen molar-refractivity contribution < 1.29 is 4.74 Å². The van der Waals surface area contributed by atoms with Crippen molar-refractivity contribution in [3.8, 4) is 11.5 Å². The average Bonchev–Trinajstić information content (AvgIpc) is 2.78. The van der Waals surface area contributed by atoms with Gasteiger partial charge in [-0.2, -0.15) is 0 Å². The van der Waals surface area contributed by atoms with Gasteiger partial charge in [-0.1, -0.05) is 69.5 Å². The first kappa shape index (κ1) is 20.1. The summed E-state index contributed by atoms with van der Waals surface area (Å²) in [7, 11) is 0. The van der Waals surface area contributed by atoms with Crippen molar-refractivity contribution in [3.05, 3.63) is 99.6 Å². The molecule has 0 unspecified atom stereocenters. The van der Waals surface area contributed by atoms with E-state index < -0.39 is 0 Å². The molecule has 1 N–H and O–H groups in total. The number of nitrogens with zero attached hydrogens (tertiary/aromatic N) is 1. The molecule has 1 aromatic heterocycles. The van der Waals surface area contributed by atoms with Gasteiger partial charge < -0.3 is 10.1 Å². The highest BCUT2D eigenvalue weighted by Gasteiger charge is 2.11. The van der Waals surface area contributed by atoms with E-state index in [9.17, 15) is 0 Å². The van der Waals surface area contributed by atoms with E-state index in [0.717, 1.165) is 37.5 Å². The minimum atomic E-state index is 0.480. The predicted molar refractivity (Wildman–Crippen MR) is 133 cm³/mol. The minimum Gasteiger partial charge on any atom is -0.454 e. The van der Waals surface area contributed by atoms with Gasteiger partial charge in [-0.05, 0) is 53.9 Å². The summed E-state index contributed by atoms with van der Waals surface area (Å²) in [5, 5.41) is 7.46. The Balaban J connectivity index is 1.44. The lowest BCUT2D eigenvalue weighted by molar-refractivity contribution is 0.484. The molecule has 0 saturated carbocycles. The topological polar surface area (TPSA) is 34.2 Å². The van der Waals surface area contributed by atoms with Crippen LogP contribution >= 0.6 is 39.1 Å². The van der Waals surface area contributed by atoms with Crippen molar-refractivity contribution in [2.24, 2.45) is 0 Å². The average molecular weight is 510 g/mol. The number of nitrogens with one attached hydrogen (secondary N) is 1. The molecule has 0 saturated heterocycles. The van der Waals surface area contributed by atoms with Gasteiger partial charge >= 0.3 is 0 Å². The van der Waals surface area contributed by atoms with Gasteiger partial charge in [-0.25, -0.2) is 0 Å². The SMILES string of the molecule is Clc1cc(Nc2ccnc3ccc(Br)cc23)ccc1Oc1ccc2ccccc2c1Cl. The van der Waals surface area contributed by atoms with Gasteiger partial charge in [0.05, 0.1) is 15.6 Å². The fourth-order valence-corrected chi connectivity index (χ4v) is 4.31. The number of halogens is 3. The van der Waals surface area contributed by atoms with E-state index in [0.29, 0.717) is 21.5 Å². The summed E-state index contributed by atoms with van der Waals surface area (Å²) in [4.78, 5) is 4.41. The van der Waals surface area contributed by atoms with Crippen molar-refractivity contribution in [2.45, 2.75) is 0 Å². The van der Waals surface area contributed by atoms with E-state index in [4.69, 9.17) is 27.9 Å². The molecule has 5 aromatic rings. The summed E-state index contributed by atoms with van der Waals surface area (Å²) in [5.74, 6) is 1.10. The molecule has 4 aromatic carbocycles. The number of anilines is 2. The van der Waals surface area contributed by atoms with Crippen LogP contribution in [0.1, 0.15) is 0 Å². The zero-order valence-electron chi connectivity index (χ0n) is 16.1. The van der Waals surface area contributed by atoms with Crippen LogP contribution in [0.15, 0.2) is 89.5 Å². The fraction of sp³-hybridized carbons (Fsp3) is 0.